The van der Waals surface area contributed by atoms with Crippen molar-refractivity contribution in [3.05, 3.63) is 0 Å². The Kier molecular flexibility index (Phi) is 39.7. The van der Waals surface area contributed by atoms with Crippen LogP contribution in [0, 0.1) is 0 Å². The first kappa shape index (κ1) is 51.0. The third-order valence-electron chi connectivity index (χ3n) is 10.4. The lowest BCUT2D eigenvalue weighted by Crippen LogP contribution is -2.34. The molecule has 0 fully saturated rings. The number of nitrogens with zero attached hydrogens (tertiary/aromatic N) is 1. The summed E-state index contributed by atoms with van der Waals surface area (Å²) >= 11 is 17.8. The highest BCUT2D eigenvalue weighted by Crippen LogP contribution is 2.26. The minimum absolute atomic E-state index is 0.0842. The first-order valence-corrected chi connectivity index (χ1v) is 27.7. The summed E-state index contributed by atoms with van der Waals surface area (Å²) in [5.41, 5.74) is 0. The third-order valence-corrected chi connectivity index (χ3v) is 13.1. The van der Waals surface area contributed by atoms with E-state index in [2.05, 4.69) is 24.1 Å². The topological polar surface area (TPSA) is 49.4 Å². The molecule has 0 radical (unpaired) electrons. The van der Waals surface area contributed by atoms with Gasteiger partial charge in [-0.2, -0.15) is 0 Å². The second kappa shape index (κ2) is 39.7. The van der Waals surface area contributed by atoms with Crippen LogP contribution in [0.5, 0.6) is 0 Å². The predicted octanol–water partition coefficient (Wildman–Crippen LogP) is 15.3. The van der Waals surface area contributed by atoms with E-state index in [1.54, 1.807) is 0 Å². The molecule has 0 saturated carbocycles. The van der Waals surface area contributed by atoms with E-state index in [-0.39, 0.29) is 24.7 Å². The van der Waals surface area contributed by atoms with Crippen molar-refractivity contribution in [2.24, 2.45) is 0 Å². The summed E-state index contributed by atoms with van der Waals surface area (Å²) in [6.45, 7) is 6.72. The van der Waals surface area contributed by atoms with Gasteiger partial charge in [0.05, 0.1) is 0 Å². The first-order valence-electron chi connectivity index (χ1n) is 22.4. The van der Waals surface area contributed by atoms with Crippen molar-refractivity contribution in [1.82, 2.24) is 10.2 Å². The van der Waals surface area contributed by atoms with E-state index in [1.165, 1.54) is 193 Å². The number of hydrogen-bond donors (Lipinski definition) is 1. The Morgan fingerprint density at radius 1 is 0.431 bits per heavy atom. The van der Waals surface area contributed by atoms with E-state index in [0.29, 0.717) is 19.0 Å². The molecule has 0 heterocycles. The second-order valence-corrected chi connectivity index (χ2v) is 24.8. The summed E-state index contributed by atoms with van der Waals surface area (Å²) in [6.07, 6.45) is 44.4. The highest BCUT2D eigenvalue weighted by Gasteiger charge is 2.23. The molecule has 51 heavy (non-hydrogen) atoms. The lowest BCUT2D eigenvalue weighted by Gasteiger charge is -2.23. The van der Waals surface area contributed by atoms with E-state index in [9.17, 15) is 9.59 Å². The molecule has 0 spiro atoms. The van der Waals surface area contributed by atoms with E-state index in [0.717, 1.165) is 25.9 Å². The molecule has 0 saturated heterocycles. The smallest absolute Gasteiger partial charge is 0.341 e. The van der Waals surface area contributed by atoms with Crippen LogP contribution in [-0.2, 0) is 9.59 Å². The Labute approximate surface area is 333 Å². The average Bonchev–Trinajstić information content (AvgIpc) is 3.10. The number of amides is 2. The van der Waals surface area contributed by atoms with Crippen molar-refractivity contribution in [2.45, 2.75) is 245 Å². The lowest BCUT2D eigenvalue weighted by molar-refractivity contribution is -0.133. The van der Waals surface area contributed by atoms with Crippen LogP contribution in [0.15, 0.2) is 0 Å². The maximum absolute atomic E-state index is 13.2. The summed E-state index contributed by atoms with van der Waals surface area (Å²) in [7, 11) is 0. The summed E-state index contributed by atoms with van der Waals surface area (Å²) in [6, 6.07) is -2.12. The molecule has 8 heteroatoms. The number of carbonyl (C=O) groups is 2. The summed E-state index contributed by atoms with van der Waals surface area (Å²) < 4.78 is 0. The van der Waals surface area contributed by atoms with Crippen LogP contribution in [0.3, 0.4) is 0 Å². The van der Waals surface area contributed by atoms with Crippen molar-refractivity contribution in [3.63, 3.8) is 0 Å². The second-order valence-electron chi connectivity index (χ2n) is 15.6. The fourth-order valence-corrected chi connectivity index (χ4v) is 8.83. The van der Waals surface area contributed by atoms with Gasteiger partial charge >= 0.3 is 6.00 Å². The minimum atomic E-state index is -2.65. The maximum atomic E-state index is 13.2. The summed E-state index contributed by atoms with van der Waals surface area (Å²) in [4.78, 5) is 27.6. The van der Waals surface area contributed by atoms with Crippen LogP contribution in [0.4, 0.5) is 0 Å². The molecular weight excluding hydrogens is 711 g/mol. The quantitative estimate of drug-likeness (QED) is 0.0381. The van der Waals surface area contributed by atoms with Gasteiger partial charge in [-0.25, -0.2) is 0 Å². The average molecular weight is 797 g/mol. The Morgan fingerprint density at radius 3 is 1.02 bits per heavy atom. The van der Waals surface area contributed by atoms with Gasteiger partial charge < -0.3 is 10.2 Å². The highest BCUT2D eigenvalue weighted by atomic mass is 35.8. The molecule has 0 aromatic heterocycles. The Morgan fingerprint density at radius 2 is 0.725 bits per heavy atom. The van der Waals surface area contributed by atoms with Gasteiger partial charge in [0.1, 0.15) is 0 Å². The van der Waals surface area contributed by atoms with Crippen LogP contribution < -0.4 is 5.32 Å². The van der Waals surface area contributed by atoms with Crippen LogP contribution in [0.1, 0.15) is 239 Å². The fraction of sp³-hybridized carbons (Fsp3) is 0.953. The van der Waals surface area contributed by atoms with E-state index >= 15 is 0 Å². The predicted molar refractivity (Wildman–Crippen MR) is 231 cm³/mol. The van der Waals surface area contributed by atoms with E-state index in [4.69, 9.17) is 33.2 Å². The minimum Gasteiger partial charge on any atom is -0.356 e. The van der Waals surface area contributed by atoms with Gasteiger partial charge in [-0.15, -0.1) is 33.2 Å². The SMILES string of the molecule is CCCCCCCCCCCCCCCCCCN(CCCCCCCCCCCCCCCCCC)C(=O)CCC(=O)NCCC[Si](Cl)(Cl)Cl. The molecule has 0 atom stereocenters. The van der Waals surface area contributed by atoms with Crippen molar-refractivity contribution in [3.8, 4) is 0 Å². The van der Waals surface area contributed by atoms with Crippen LogP contribution >= 0.6 is 33.2 Å². The summed E-state index contributed by atoms with van der Waals surface area (Å²) in [5, 5.41) is 2.89. The van der Waals surface area contributed by atoms with Crippen LogP contribution in [0.2, 0.25) is 6.04 Å². The number of unbranched alkanes of at least 4 members (excludes halogenated alkanes) is 30. The number of hydrogen-bond acceptors (Lipinski definition) is 2. The lowest BCUT2D eigenvalue weighted by atomic mass is 10.0. The Bertz CT molecular complexity index is 717. The zero-order valence-corrected chi connectivity index (χ0v) is 37.2. The molecule has 1 N–H and O–H groups in total. The zero-order chi connectivity index (χ0) is 37.5. The van der Waals surface area contributed by atoms with Crippen LogP contribution in [-0.4, -0.2) is 42.4 Å². The van der Waals surface area contributed by atoms with Gasteiger partial charge in [-0.3, -0.25) is 9.59 Å². The van der Waals surface area contributed by atoms with Crippen molar-refractivity contribution in [1.29, 1.82) is 0 Å². The third kappa shape index (κ3) is 41.0. The summed E-state index contributed by atoms with van der Waals surface area (Å²) in [5.74, 6) is 0.0415. The molecule has 0 aliphatic heterocycles. The van der Waals surface area contributed by atoms with Crippen molar-refractivity contribution in [2.75, 3.05) is 19.6 Å². The maximum Gasteiger partial charge on any atom is 0.341 e. The van der Waals surface area contributed by atoms with Gasteiger partial charge in [0.15, 0.2) is 0 Å². The molecule has 304 valence electrons. The molecule has 0 rings (SSSR count). The first-order chi connectivity index (χ1) is 24.8. The molecule has 0 unspecified atom stereocenters. The van der Waals surface area contributed by atoms with Gasteiger partial charge in [-0.05, 0) is 25.3 Å². The van der Waals surface area contributed by atoms with Gasteiger partial charge in [0.25, 0.3) is 0 Å². The monoisotopic (exact) mass is 795 g/mol. The highest BCUT2D eigenvalue weighted by molar-refractivity contribution is 7.64. The number of carbonyl (C=O) groups excluding carboxylic acids is 2. The van der Waals surface area contributed by atoms with E-state index < -0.39 is 6.00 Å². The molecule has 2 amide bonds. The molecule has 0 aromatic carbocycles. The zero-order valence-electron chi connectivity index (χ0n) is 34.0. The Balaban J connectivity index is 4.15. The normalized spacial score (nSPS) is 11.7. The standard InChI is InChI=1S/C43H85Cl3N2O2Si/c1-3-5-7-9-11-13-15-17-19-21-23-25-27-29-31-33-39-48(43(50)37-36-42(49)47-38-35-41-51(44,45)46)40-34-32-30-28-26-24-22-20-18-16-14-12-10-8-6-4-2/h3-41H2,1-2H3,(H,47,49). The molecular formula is C43H85Cl3N2O2Si. The largest absolute Gasteiger partial charge is 0.356 e. The molecule has 4 nitrogen and oxygen atoms in total. The molecule has 0 aliphatic carbocycles. The van der Waals surface area contributed by atoms with Gasteiger partial charge in [-0.1, -0.05) is 206 Å². The number of rotatable bonds is 41. The van der Waals surface area contributed by atoms with E-state index in [1.807, 2.05) is 0 Å². The molecule has 0 aromatic rings. The fourth-order valence-electron chi connectivity index (χ4n) is 7.05. The van der Waals surface area contributed by atoms with Crippen LogP contribution in [0.25, 0.3) is 0 Å². The van der Waals surface area contributed by atoms with Gasteiger partial charge in [0.2, 0.25) is 11.8 Å². The Hall–Kier alpha value is 0.0269. The van der Waals surface area contributed by atoms with Gasteiger partial charge in [0, 0.05) is 32.5 Å². The molecule has 0 bridgehead atoms. The van der Waals surface area contributed by atoms with Crippen molar-refractivity contribution < 1.29 is 9.59 Å². The van der Waals surface area contributed by atoms with Crippen molar-refractivity contribution >= 4 is 51.1 Å². The number of nitrogens with one attached hydrogen (secondary N) is 1. The molecule has 0 aliphatic rings. The number of halogens is 3.